The van der Waals surface area contributed by atoms with Crippen molar-refractivity contribution in [3.05, 3.63) is 51.6 Å². The maximum atomic E-state index is 12.3. The molecule has 134 valence electrons. The molecule has 1 heterocycles. The number of methoxy groups -OCH3 is 3. The SMILES string of the molecule is COC(=O)C[C@H](c1ccc(OC)cc1OC)c1c(O)cc(C)oc1=O. The van der Waals surface area contributed by atoms with Gasteiger partial charge in [-0.1, -0.05) is 6.07 Å². The van der Waals surface area contributed by atoms with Crippen LogP contribution >= 0.6 is 0 Å². The molecule has 1 atom stereocenters. The third-order valence-electron chi connectivity index (χ3n) is 3.85. The number of carbonyl (C=O) groups excluding carboxylic acids is 1. The van der Waals surface area contributed by atoms with Crippen LogP contribution in [0.5, 0.6) is 17.2 Å². The molecule has 0 aliphatic rings. The predicted octanol–water partition coefficient (Wildman–Crippen LogP) is 2.37. The lowest BCUT2D eigenvalue weighted by molar-refractivity contribution is -0.140. The van der Waals surface area contributed by atoms with Crippen LogP contribution < -0.4 is 15.1 Å². The van der Waals surface area contributed by atoms with Crippen LogP contribution in [0.4, 0.5) is 0 Å². The molecule has 1 aromatic carbocycles. The summed E-state index contributed by atoms with van der Waals surface area (Å²) in [5, 5.41) is 10.3. The van der Waals surface area contributed by atoms with Gasteiger partial charge >= 0.3 is 11.6 Å². The second-order valence-corrected chi connectivity index (χ2v) is 5.38. The number of rotatable bonds is 6. The molecule has 25 heavy (non-hydrogen) atoms. The molecule has 2 aromatic rings. The Kier molecular flexibility index (Phi) is 5.69. The van der Waals surface area contributed by atoms with E-state index in [4.69, 9.17) is 18.6 Å². The number of hydrogen-bond donors (Lipinski definition) is 1. The number of hydrogen-bond acceptors (Lipinski definition) is 7. The molecule has 7 nitrogen and oxygen atoms in total. The van der Waals surface area contributed by atoms with Crippen molar-refractivity contribution in [1.29, 1.82) is 0 Å². The summed E-state index contributed by atoms with van der Waals surface area (Å²) in [6, 6.07) is 6.31. The van der Waals surface area contributed by atoms with Crippen LogP contribution in [-0.2, 0) is 9.53 Å². The molecule has 1 N–H and O–H groups in total. The molecular formula is C18H20O7. The molecular weight excluding hydrogens is 328 g/mol. The maximum Gasteiger partial charge on any atom is 0.343 e. The second kappa shape index (κ2) is 7.74. The minimum Gasteiger partial charge on any atom is -0.507 e. The zero-order valence-electron chi connectivity index (χ0n) is 14.5. The monoisotopic (exact) mass is 348 g/mol. The molecule has 0 fully saturated rings. The maximum absolute atomic E-state index is 12.3. The number of esters is 1. The van der Waals surface area contributed by atoms with Gasteiger partial charge in [-0.25, -0.2) is 4.79 Å². The quantitative estimate of drug-likeness (QED) is 0.801. The van der Waals surface area contributed by atoms with Crippen molar-refractivity contribution < 1.29 is 28.5 Å². The summed E-state index contributed by atoms with van der Waals surface area (Å²) in [6.45, 7) is 1.55. The minimum atomic E-state index is -0.801. The fourth-order valence-corrected chi connectivity index (χ4v) is 2.65. The van der Waals surface area contributed by atoms with Crippen molar-refractivity contribution in [1.82, 2.24) is 0 Å². The number of carbonyl (C=O) groups is 1. The van der Waals surface area contributed by atoms with E-state index in [9.17, 15) is 14.7 Å². The van der Waals surface area contributed by atoms with Crippen molar-refractivity contribution in [2.45, 2.75) is 19.3 Å². The van der Waals surface area contributed by atoms with Gasteiger partial charge in [-0.05, 0) is 13.0 Å². The molecule has 0 bridgehead atoms. The first-order valence-electron chi connectivity index (χ1n) is 7.53. The van der Waals surface area contributed by atoms with E-state index in [2.05, 4.69) is 0 Å². The highest BCUT2D eigenvalue weighted by molar-refractivity contribution is 5.72. The lowest BCUT2D eigenvalue weighted by Gasteiger charge is -2.20. The molecule has 0 aliphatic carbocycles. The summed E-state index contributed by atoms with van der Waals surface area (Å²) >= 11 is 0. The Morgan fingerprint density at radius 3 is 2.48 bits per heavy atom. The first kappa shape index (κ1) is 18.4. The van der Waals surface area contributed by atoms with E-state index < -0.39 is 17.5 Å². The number of ether oxygens (including phenoxy) is 3. The van der Waals surface area contributed by atoms with Gasteiger partial charge in [-0.2, -0.15) is 0 Å². The van der Waals surface area contributed by atoms with E-state index in [1.165, 1.54) is 27.4 Å². The number of aryl methyl sites for hydroxylation is 1. The van der Waals surface area contributed by atoms with E-state index in [1.54, 1.807) is 25.1 Å². The summed E-state index contributed by atoms with van der Waals surface area (Å²) in [5.41, 5.74) is -0.219. The average molecular weight is 348 g/mol. The standard InChI is InChI=1S/C18H20O7/c1-10-7-14(19)17(18(21)25-10)13(9-16(20)24-4)12-6-5-11(22-2)8-15(12)23-3/h5-8,13,19H,9H2,1-4H3/t13-/m1/s1. The molecule has 0 unspecified atom stereocenters. The summed E-state index contributed by atoms with van der Waals surface area (Å²) in [7, 11) is 4.23. The molecule has 0 spiro atoms. The van der Waals surface area contributed by atoms with Crippen LogP contribution in [0.1, 0.15) is 29.2 Å². The van der Waals surface area contributed by atoms with Gasteiger partial charge in [0, 0.05) is 23.6 Å². The summed E-state index contributed by atoms with van der Waals surface area (Å²) in [4.78, 5) is 24.2. The average Bonchev–Trinajstić information content (AvgIpc) is 2.59. The van der Waals surface area contributed by atoms with Gasteiger partial charge in [-0.15, -0.1) is 0 Å². The van der Waals surface area contributed by atoms with Crippen molar-refractivity contribution in [2.75, 3.05) is 21.3 Å². The van der Waals surface area contributed by atoms with Gasteiger partial charge in [0.15, 0.2) is 0 Å². The topological polar surface area (TPSA) is 95.2 Å². The lowest BCUT2D eigenvalue weighted by atomic mass is 9.88. The van der Waals surface area contributed by atoms with E-state index >= 15 is 0 Å². The normalized spacial score (nSPS) is 11.7. The second-order valence-electron chi connectivity index (χ2n) is 5.38. The summed E-state index contributed by atoms with van der Waals surface area (Å²) in [6.07, 6.45) is -0.166. The largest absolute Gasteiger partial charge is 0.507 e. The molecule has 0 saturated carbocycles. The van der Waals surface area contributed by atoms with Gasteiger partial charge in [0.05, 0.1) is 33.3 Å². The van der Waals surface area contributed by atoms with E-state index in [0.717, 1.165) is 0 Å². The van der Waals surface area contributed by atoms with Crippen LogP contribution in [0.2, 0.25) is 0 Å². The molecule has 0 aliphatic heterocycles. The van der Waals surface area contributed by atoms with Gasteiger partial charge in [0.1, 0.15) is 23.0 Å². The van der Waals surface area contributed by atoms with Crippen molar-refractivity contribution >= 4 is 5.97 Å². The Bertz CT molecular complexity index is 823. The molecule has 2 rings (SSSR count). The molecule has 1 aromatic heterocycles. The van der Waals surface area contributed by atoms with Gasteiger partial charge in [0.2, 0.25) is 0 Å². The molecule has 0 amide bonds. The van der Waals surface area contributed by atoms with Crippen LogP contribution in [-0.4, -0.2) is 32.4 Å². The Labute approximate surface area is 144 Å². The third-order valence-corrected chi connectivity index (χ3v) is 3.85. The highest BCUT2D eigenvalue weighted by Gasteiger charge is 2.28. The van der Waals surface area contributed by atoms with Crippen LogP contribution in [0.25, 0.3) is 0 Å². The predicted molar refractivity (Wildman–Crippen MR) is 89.4 cm³/mol. The third kappa shape index (κ3) is 3.93. The van der Waals surface area contributed by atoms with E-state index in [0.29, 0.717) is 17.1 Å². The summed E-state index contributed by atoms with van der Waals surface area (Å²) in [5.74, 6) is -0.358. The lowest BCUT2D eigenvalue weighted by Crippen LogP contribution is -2.18. The van der Waals surface area contributed by atoms with Crippen molar-refractivity contribution in [3.63, 3.8) is 0 Å². The van der Waals surface area contributed by atoms with Gasteiger partial charge in [-0.3, -0.25) is 4.79 Å². The van der Waals surface area contributed by atoms with Crippen LogP contribution in [0.3, 0.4) is 0 Å². The highest BCUT2D eigenvalue weighted by atomic mass is 16.5. The van der Waals surface area contributed by atoms with Gasteiger partial charge in [0.25, 0.3) is 0 Å². The minimum absolute atomic E-state index is 0.0283. The fourth-order valence-electron chi connectivity index (χ4n) is 2.65. The summed E-state index contributed by atoms with van der Waals surface area (Å²) < 4.78 is 20.3. The van der Waals surface area contributed by atoms with Crippen molar-refractivity contribution in [3.8, 4) is 17.2 Å². The number of benzene rings is 1. The molecule has 0 radical (unpaired) electrons. The molecule has 0 saturated heterocycles. The van der Waals surface area contributed by atoms with Crippen LogP contribution in [0, 0.1) is 6.92 Å². The Morgan fingerprint density at radius 2 is 1.92 bits per heavy atom. The van der Waals surface area contributed by atoms with E-state index in [1.807, 2.05) is 0 Å². The zero-order valence-corrected chi connectivity index (χ0v) is 14.5. The Morgan fingerprint density at radius 1 is 1.20 bits per heavy atom. The number of aromatic hydroxyl groups is 1. The first-order chi connectivity index (χ1) is 11.9. The molecule has 7 heteroatoms. The Hall–Kier alpha value is -2.96. The Balaban J connectivity index is 2.66. The smallest absolute Gasteiger partial charge is 0.343 e. The zero-order chi connectivity index (χ0) is 18.6. The fraction of sp³-hybridized carbons (Fsp3) is 0.333. The van der Waals surface area contributed by atoms with Crippen LogP contribution in [0.15, 0.2) is 33.5 Å². The highest BCUT2D eigenvalue weighted by Crippen LogP contribution is 2.38. The first-order valence-corrected chi connectivity index (χ1v) is 7.53. The van der Waals surface area contributed by atoms with Crippen molar-refractivity contribution in [2.24, 2.45) is 0 Å². The van der Waals surface area contributed by atoms with E-state index in [-0.39, 0.29) is 23.5 Å². The van der Waals surface area contributed by atoms with Gasteiger partial charge < -0.3 is 23.7 Å².